The molecule has 120 valence electrons. The number of ether oxygens (including phenoxy) is 2. The fourth-order valence-corrected chi connectivity index (χ4v) is 2.45. The summed E-state index contributed by atoms with van der Waals surface area (Å²) in [6.45, 7) is 6.27. The molecule has 0 bridgehead atoms. The van der Waals surface area contributed by atoms with Crippen LogP contribution in [-0.4, -0.2) is 50.4 Å². The highest BCUT2D eigenvalue weighted by molar-refractivity contribution is 7.18. The zero-order valence-corrected chi connectivity index (χ0v) is 13.6. The lowest BCUT2D eigenvalue weighted by Crippen LogP contribution is -2.25. The van der Waals surface area contributed by atoms with Gasteiger partial charge in [0, 0.05) is 26.3 Å². The summed E-state index contributed by atoms with van der Waals surface area (Å²) in [6, 6.07) is 0.246. The van der Waals surface area contributed by atoms with E-state index in [0.29, 0.717) is 36.4 Å². The Kier molecular flexibility index (Phi) is 8.03. The largest absolute Gasteiger partial charge is 0.382 e. The Labute approximate surface area is 129 Å². The molecule has 0 saturated carbocycles. The number of methoxy groups -OCH3 is 1. The minimum absolute atomic E-state index is 0.196. The number of anilines is 2. The molecule has 0 unspecified atom stereocenters. The monoisotopic (exact) mass is 316 g/mol. The Morgan fingerprint density at radius 1 is 1.38 bits per heavy atom. The number of nitrogens with two attached hydrogens (primary N) is 1. The van der Waals surface area contributed by atoms with Crippen molar-refractivity contribution in [2.45, 2.75) is 26.3 Å². The Hall–Kier alpha value is -1.38. The van der Waals surface area contributed by atoms with E-state index in [1.165, 1.54) is 11.3 Å². The van der Waals surface area contributed by atoms with E-state index in [1.807, 2.05) is 13.8 Å². The van der Waals surface area contributed by atoms with Gasteiger partial charge in [-0.15, -0.1) is 0 Å². The molecule has 0 fully saturated rings. The van der Waals surface area contributed by atoms with Gasteiger partial charge in [0.1, 0.15) is 10.7 Å². The molecule has 0 saturated heterocycles. The summed E-state index contributed by atoms with van der Waals surface area (Å²) in [7, 11) is 1.63. The van der Waals surface area contributed by atoms with Crippen molar-refractivity contribution >= 4 is 28.2 Å². The average molecular weight is 316 g/mol. The van der Waals surface area contributed by atoms with Crippen molar-refractivity contribution in [3.8, 4) is 0 Å². The molecule has 0 aliphatic carbocycles. The number of hydrogen-bond acceptors (Lipinski definition) is 7. The van der Waals surface area contributed by atoms with Crippen molar-refractivity contribution < 1.29 is 14.3 Å². The number of carbonyl (C=O) groups excluding carboxylic acids is 1. The van der Waals surface area contributed by atoms with Gasteiger partial charge in [0.2, 0.25) is 0 Å². The Morgan fingerprint density at radius 3 is 2.81 bits per heavy atom. The summed E-state index contributed by atoms with van der Waals surface area (Å²) in [6.07, 6.45) is 0.741. The number of nitrogens with one attached hydrogen (secondary N) is 2. The number of nitrogen functional groups attached to an aromatic ring is 1. The maximum Gasteiger partial charge on any atom is 0.265 e. The van der Waals surface area contributed by atoms with Crippen molar-refractivity contribution in [3.05, 3.63) is 4.88 Å². The van der Waals surface area contributed by atoms with Crippen molar-refractivity contribution in [2.24, 2.45) is 0 Å². The summed E-state index contributed by atoms with van der Waals surface area (Å²) < 4.78 is 10.2. The predicted octanol–water partition coefficient (Wildman–Crippen LogP) is 1.33. The molecule has 1 amide bonds. The fraction of sp³-hybridized carbons (Fsp3) is 0.692. The second-order valence-corrected chi connectivity index (χ2v) is 5.75. The Morgan fingerprint density at radius 2 is 2.14 bits per heavy atom. The lowest BCUT2D eigenvalue weighted by atomic mass is 10.4. The molecule has 1 rings (SSSR count). The van der Waals surface area contributed by atoms with Crippen LogP contribution in [0.25, 0.3) is 0 Å². The molecule has 21 heavy (non-hydrogen) atoms. The molecule has 4 N–H and O–H groups in total. The van der Waals surface area contributed by atoms with E-state index in [4.69, 9.17) is 15.2 Å². The molecule has 0 aromatic carbocycles. The van der Waals surface area contributed by atoms with Crippen LogP contribution in [0.4, 0.5) is 10.9 Å². The molecular weight excluding hydrogens is 292 g/mol. The van der Waals surface area contributed by atoms with E-state index < -0.39 is 0 Å². The number of hydrogen-bond donors (Lipinski definition) is 3. The van der Waals surface area contributed by atoms with Gasteiger partial charge in [0.15, 0.2) is 5.13 Å². The maximum absolute atomic E-state index is 12.0. The highest BCUT2D eigenvalue weighted by atomic mass is 32.1. The predicted molar refractivity (Wildman–Crippen MR) is 84.9 cm³/mol. The lowest BCUT2D eigenvalue weighted by Gasteiger charge is -2.05. The van der Waals surface area contributed by atoms with Crippen molar-refractivity contribution in [1.29, 1.82) is 0 Å². The van der Waals surface area contributed by atoms with E-state index in [1.54, 1.807) is 7.11 Å². The molecule has 0 aliphatic rings. The summed E-state index contributed by atoms with van der Waals surface area (Å²) in [4.78, 5) is 16.6. The number of rotatable bonds is 10. The van der Waals surface area contributed by atoms with Gasteiger partial charge in [0.25, 0.3) is 5.91 Å². The molecule has 1 aromatic heterocycles. The standard InChI is InChI=1S/C13H24N4O3S/c1-9(2)16-13-17-11(14)10(21-13)12(18)15-5-4-6-20-8-7-19-3/h9H,4-8,14H2,1-3H3,(H,15,18)(H,16,17). The molecule has 0 atom stereocenters. The smallest absolute Gasteiger partial charge is 0.265 e. The molecule has 7 nitrogen and oxygen atoms in total. The van der Waals surface area contributed by atoms with Crippen LogP contribution in [0.2, 0.25) is 0 Å². The van der Waals surface area contributed by atoms with Gasteiger partial charge in [-0.3, -0.25) is 4.79 Å². The second kappa shape index (κ2) is 9.54. The molecule has 0 aliphatic heterocycles. The number of aromatic nitrogens is 1. The van der Waals surface area contributed by atoms with Crippen LogP contribution >= 0.6 is 11.3 Å². The van der Waals surface area contributed by atoms with Crippen LogP contribution in [0.1, 0.15) is 29.9 Å². The summed E-state index contributed by atoms with van der Waals surface area (Å²) in [5.74, 6) is 0.0655. The van der Waals surface area contributed by atoms with Crippen molar-refractivity contribution in [1.82, 2.24) is 10.3 Å². The highest BCUT2D eigenvalue weighted by Crippen LogP contribution is 2.25. The zero-order valence-electron chi connectivity index (χ0n) is 12.8. The van der Waals surface area contributed by atoms with E-state index >= 15 is 0 Å². The van der Waals surface area contributed by atoms with Crippen LogP contribution < -0.4 is 16.4 Å². The number of nitrogens with zero attached hydrogens (tertiary/aromatic N) is 1. The van der Waals surface area contributed by atoms with Crippen LogP contribution in [0.5, 0.6) is 0 Å². The first-order valence-corrected chi connectivity index (χ1v) is 7.74. The van der Waals surface area contributed by atoms with Crippen LogP contribution in [0.3, 0.4) is 0 Å². The van der Waals surface area contributed by atoms with Crippen molar-refractivity contribution in [3.63, 3.8) is 0 Å². The quantitative estimate of drug-likeness (QED) is 0.563. The van der Waals surface area contributed by atoms with Gasteiger partial charge in [0.05, 0.1) is 13.2 Å². The normalized spacial score (nSPS) is 10.9. The summed E-state index contributed by atoms with van der Waals surface area (Å²) >= 11 is 1.26. The van der Waals surface area contributed by atoms with Crippen LogP contribution in [0.15, 0.2) is 0 Å². The van der Waals surface area contributed by atoms with E-state index in [-0.39, 0.29) is 17.8 Å². The summed E-state index contributed by atoms with van der Waals surface area (Å²) in [5, 5.41) is 6.60. The first-order valence-electron chi connectivity index (χ1n) is 6.92. The SMILES string of the molecule is COCCOCCCNC(=O)c1sc(NC(C)C)nc1N. The molecule has 8 heteroatoms. The fourth-order valence-electron chi connectivity index (χ4n) is 1.50. The zero-order chi connectivity index (χ0) is 15.7. The Bertz CT molecular complexity index is 437. The van der Waals surface area contributed by atoms with Gasteiger partial charge < -0.3 is 25.8 Å². The summed E-state index contributed by atoms with van der Waals surface area (Å²) in [5.41, 5.74) is 5.76. The van der Waals surface area contributed by atoms with Crippen molar-refractivity contribution in [2.75, 3.05) is 44.5 Å². The molecule has 0 spiro atoms. The van der Waals surface area contributed by atoms with Gasteiger partial charge in [-0.2, -0.15) is 0 Å². The number of amides is 1. The minimum Gasteiger partial charge on any atom is -0.382 e. The van der Waals surface area contributed by atoms with Crippen LogP contribution in [-0.2, 0) is 9.47 Å². The third-order valence-corrected chi connectivity index (χ3v) is 3.46. The molecule has 1 heterocycles. The molecular formula is C13H24N4O3S. The molecule has 0 radical (unpaired) electrons. The lowest BCUT2D eigenvalue weighted by molar-refractivity contribution is 0.0688. The third-order valence-electron chi connectivity index (χ3n) is 2.45. The number of thiazole rings is 1. The van der Waals surface area contributed by atoms with E-state index in [9.17, 15) is 4.79 Å². The van der Waals surface area contributed by atoms with Gasteiger partial charge >= 0.3 is 0 Å². The van der Waals surface area contributed by atoms with Gasteiger partial charge in [-0.05, 0) is 20.3 Å². The third kappa shape index (κ3) is 6.74. The first-order chi connectivity index (χ1) is 10.0. The highest BCUT2D eigenvalue weighted by Gasteiger charge is 2.15. The first kappa shape index (κ1) is 17.7. The Balaban J connectivity index is 2.30. The van der Waals surface area contributed by atoms with Gasteiger partial charge in [-0.1, -0.05) is 11.3 Å². The van der Waals surface area contributed by atoms with E-state index in [2.05, 4.69) is 15.6 Å². The van der Waals surface area contributed by atoms with Gasteiger partial charge in [-0.25, -0.2) is 4.98 Å². The van der Waals surface area contributed by atoms with E-state index in [0.717, 1.165) is 6.42 Å². The molecule has 1 aromatic rings. The minimum atomic E-state index is -0.196. The average Bonchev–Trinajstić information content (AvgIpc) is 2.77. The topological polar surface area (TPSA) is 98.5 Å². The second-order valence-electron chi connectivity index (χ2n) is 4.75. The number of carbonyl (C=O) groups is 1. The maximum atomic E-state index is 12.0. The van der Waals surface area contributed by atoms with Crippen LogP contribution in [0, 0.1) is 0 Å².